The van der Waals surface area contributed by atoms with E-state index in [4.69, 9.17) is 5.26 Å². The summed E-state index contributed by atoms with van der Waals surface area (Å²) in [5.41, 5.74) is 3.36. The molecule has 7 heteroatoms. The van der Waals surface area contributed by atoms with Crippen molar-refractivity contribution in [2.24, 2.45) is 0 Å². The van der Waals surface area contributed by atoms with Crippen molar-refractivity contribution in [3.8, 4) is 17.2 Å². The van der Waals surface area contributed by atoms with E-state index in [0.29, 0.717) is 11.3 Å². The Hall–Kier alpha value is -3.47. The van der Waals surface area contributed by atoms with E-state index in [1.54, 1.807) is 60.7 Å². The third kappa shape index (κ3) is 4.88. The van der Waals surface area contributed by atoms with Gasteiger partial charge in [0.1, 0.15) is 6.04 Å². The van der Waals surface area contributed by atoms with Crippen LogP contribution in [-0.4, -0.2) is 25.9 Å². The molecule has 0 radical (unpaired) electrons. The van der Waals surface area contributed by atoms with Crippen LogP contribution in [0.25, 0.3) is 11.1 Å². The molecule has 3 aromatic rings. The third-order valence-electron chi connectivity index (χ3n) is 4.48. The van der Waals surface area contributed by atoms with Gasteiger partial charge < -0.3 is 5.11 Å². The number of anilines is 1. The van der Waals surface area contributed by atoms with Gasteiger partial charge in [-0.1, -0.05) is 54.6 Å². The smallest absolute Gasteiger partial charge is 0.327 e. The molecule has 0 bridgehead atoms. The van der Waals surface area contributed by atoms with Crippen molar-refractivity contribution in [3.05, 3.63) is 90.0 Å². The second kappa shape index (κ2) is 9.15. The highest BCUT2D eigenvalue weighted by atomic mass is 32.2. The van der Waals surface area contributed by atoms with Gasteiger partial charge in [0.2, 0.25) is 0 Å². The van der Waals surface area contributed by atoms with Crippen molar-refractivity contribution >= 4 is 22.9 Å². The van der Waals surface area contributed by atoms with Gasteiger partial charge in [0.25, 0.3) is 11.3 Å². The van der Waals surface area contributed by atoms with Crippen molar-refractivity contribution in [1.82, 2.24) is 0 Å². The van der Waals surface area contributed by atoms with Crippen LogP contribution in [0.3, 0.4) is 0 Å². The molecule has 0 heterocycles. The summed E-state index contributed by atoms with van der Waals surface area (Å²) in [6.07, 6.45) is 0.0832. The van der Waals surface area contributed by atoms with E-state index in [1.807, 2.05) is 18.2 Å². The average Bonchev–Trinajstić information content (AvgIpc) is 2.74. The van der Waals surface area contributed by atoms with Gasteiger partial charge in [-0.2, -0.15) is 5.26 Å². The third-order valence-corrected chi connectivity index (χ3v) is 5.28. The number of aliphatic carboxylic acids is 1. The number of rotatable bonds is 7. The summed E-state index contributed by atoms with van der Waals surface area (Å²) in [5, 5.41) is 18.6. The normalized spacial score (nSPS) is 12.6. The fourth-order valence-electron chi connectivity index (χ4n) is 3.02. The Morgan fingerprint density at radius 1 is 0.966 bits per heavy atom. The zero-order chi connectivity index (χ0) is 20.8. The quantitative estimate of drug-likeness (QED) is 0.580. The first kappa shape index (κ1) is 20.3. The van der Waals surface area contributed by atoms with Crippen molar-refractivity contribution in [2.75, 3.05) is 4.31 Å². The summed E-state index contributed by atoms with van der Waals surface area (Å²) in [6, 6.07) is 23.6. The lowest BCUT2D eigenvalue weighted by Crippen LogP contribution is -2.44. The predicted octanol–water partition coefficient (Wildman–Crippen LogP) is 3.86. The molecule has 3 rings (SSSR count). The van der Waals surface area contributed by atoms with Crippen LogP contribution >= 0.6 is 0 Å². The van der Waals surface area contributed by atoms with E-state index in [9.17, 15) is 18.7 Å². The zero-order valence-corrected chi connectivity index (χ0v) is 16.1. The summed E-state index contributed by atoms with van der Waals surface area (Å²) < 4.78 is 22.8. The van der Waals surface area contributed by atoms with Gasteiger partial charge in [-0.3, -0.25) is 8.86 Å². The Morgan fingerprint density at radius 2 is 1.52 bits per heavy atom. The fraction of sp³-hybridized carbons (Fsp3) is 0.0909. The van der Waals surface area contributed by atoms with Crippen molar-refractivity contribution < 1.29 is 18.7 Å². The molecular weight excluding hydrogens is 388 g/mol. The highest BCUT2D eigenvalue weighted by Crippen LogP contribution is 2.26. The second-order valence-corrected chi connectivity index (χ2v) is 7.19. The number of carbonyl (C=O) groups is 1. The lowest BCUT2D eigenvalue weighted by atomic mass is 10.0. The topological polar surface area (TPSA) is 102 Å². The molecule has 0 aliphatic rings. The Balaban J connectivity index is 1.90. The number of nitriles is 1. The summed E-state index contributed by atoms with van der Waals surface area (Å²) in [7, 11) is 0. The molecule has 6 nitrogen and oxygen atoms in total. The van der Waals surface area contributed by atoms with Gasteiger partial charge in [-0.05, 0) is 41.0 Å². The minimum atomic E-state index is -2.52. The monoisotopic (exact) mass is 406 g/mol. The zero-order valence-electron chi connectivity index (χ0n) is 15.3. The molecule has 0 aliphatic carbocycles. The van der Waals surface area contributed by atoms with E-state index < -0.39 is 23.3 Å². The first-order chi connectivity index (χ1) is 14.0. The molecule has 0 fully saturated rings. The highest BCUT2D eigenvalue weighted by molar-refractivity contribution is 7.80. The molecule has 3 aromatic carbocycles. The molecule has 0 saturated heterocycles. The Morgan fingerprint density at radius 3 is 2.00 bits per heavy atom. The molecular formula is C22H18N2O4S. The number of nitrogens with zero attached hydrogens (tertiary/aromatic N) is 2. The molecule has 0 saturated carbocycles. The summed E-state index contributed by atoms with van der Waals surface area (Å²) >= 11 is -2.52. The summed E-state index contributed by atoms with van der Waals surface area (Å²) in [6.45, 7) is 0. The van der Waals surface area contributed by atoms with Crippen LogP contribution < -0.4 is 4.31 Å². The van der Waals surface area contributed by atoms with Gasteiger partial charge >= 0.3 is 5.97 Å². The Bertz CT molecular complexity index is 1040. The summed E-state index contributed by atoms with van der Waals surface area (Å²) in [5.74, 6) is -1.19. The minimum absolute atomic E-state index is 0.0832. The van der Waals surface area contributed by atoms with Gasteiger partial charge in [-0.15, -0.1) is 0 Å². The fourth-order valence-corrected chi connectivity index (χ4v) is 3.71. The van der Waals surface area contributed by atoms with Gasteiger partial charge in [0.05, 0.1) is 17.3 Å². The molecule has 2 N–H and O–H groups in total. The molecule has 2 atom stereocenters. The molecule has 0 amide bonds. The van der Waals surface area contributed by atoms with Gasteiger partial charge in [0.15, 0.2) is 0 Å². The minimum Gasteiger partial charge on any atom is -0.480 e. The number of hydrogen-bond acceptors (Lipinski definition) is 3. The highest BCUT2D eigenvalue weighted by Gasteiger charge is 2.30. The molecule has 0 spiro atoms. The SMILES string of the molecule is N#Cc1ccc(-c2ccc(N(C(Cc3ccccc3)C(=O)O)S(=O)O)cc2)cc1. The van der Waals surface area contributed by atoms with Crippen LogP contribution in [0, 0.1) is 11.3 Å². The summed E-state index contributed by atoms with van der Waals surface area (Å²) in [4.78, 5) is 11.9. The van der Waals surface area contributed by atoms with Crippen LogP contribution in [0.2, 0.25) is 0 Å². The van der Waals surface area contributed by atoms with Crippen molar-refractivity contribution in [3.63, 3.8) is 0 Å². The first-order valence-electron chi connectivity index (χ1n) is 8.77. The van der Waals surface area contributed by atoms with E-state index in [2.05, 4.69) is 6.07 Å². The Labute approximate surface area is 171 Å². The number of hydrogen-bond donors (Lipinski definition) is 2. The van der Waals surface area contributed by atoms with Crippen LogP contribution in [0.15, 0.2) is 78.9 Å². The van der Waals surface area contributed by atoms with Crippen LogP contribution in [0.5, 0.6) is 0 Å². The van der Waals surface area contributed by atoms with Gasteiger partial charge in [0, 0.05) is 6.42 Å². The van der Waals surface area contributed by atoms with Gasteiger partial charge in [-0.25, -0.2) is 9.00 Å². The molecule has 0 aliphatic heterocycles. The van der Waals surface area contributed by atoms with Crippen molar-refractivity contribution in [1.29, 1.82) is 5.26 Å². The van der Waals surface area contributed by atoms with E-state index in [0.717, 1.165) is 21.0 Å². The molecule has 146 valence electrons. The number of carboxylic acids is 1. The number of benzene rings is 3. The lowest BCUT2D eigenvalue weighted by Gasteiger charge is -2.27. The van der Waals surface area contributed by atoms with Crippen LogP contribution in [0.4, 0.5) is 5.69 Å². The standard InChI is InChI=1S/C22H18N2O4S/c23-15-17-6-8-18(9-7-17)19-10-12-20(13-11-19)24(29(27)28)21(22(25)26)14-16-4-2-1-3-5-16/h1-13,21H,14H2,(H,25,26)(H,27,28). The predicted molar refractivity (Wildman–Crippen MR) is 111 cm³/mol. The second-order valence-electron chi connectivity index (χ2n) is 6.34. The largest absolute Gasteiger partial charge is 0.480 e. The van der Waals surface area contributed by atoms with E-state index >= 15 is 0 Å². The van der Waals surface area contributed by atoms with E-state index in [-0.39, 0.29) is 6.42 Å². The molecule has 29 heavy (non-hydrogen) atoms. The average molecular weight is 406 g/mol. The number of carboxylic acid groups (broad SMARTS) is 1. The maximum Gasteiger partial charge on any atom is 0.327 e. The van der Waals surface area contributed by atoms with E-state index in [1.165, 1.54) is 0 Å². The maximum atomic E-state index is 12.0. The molecule has 2 unspecified atom stereocenters. The molecule has 0 aromatic heterocycles. The van der Waals surface area contributed by atoms with Crippen LogP contribution in [-0.2, 0) is 22.5 Å². The first-order valence-corrected chi connectivity index (χ1v) is 9.83. The van der Waals surface area contributed by atoms with Crippen LogP contribution in [0.1, 0.15) is 11.1 Å². The maximum absolute atomic E-state index is 12.0. The van der Waals surface area contributed by atoms with Crippen molar-refractivity contribution in [2.45, 2.75) is 12.5 Å². The Kier molecular flexibility index (Phi) is 6.39. The lowest BCUT2D eigenvalue weighted by molar-refractivity contribution is -0.138.